The Morgan fingerprint density at radius 2 is 1.63 bits per heavy atom. The molecule has 1 N–H and O–H groups in total. The summed E-state index contributed by atoms with van der Waals surface area (Å²) in [6.07, 6.45) is 0.379. The molecule has 138 valence electrons. The number of nitrogens with zero attached hydrogens (tertiary/aromatic N) is 1. The lowest BCUT2D eigenvalue weighted by Gasteiger charge is -2.24. The van der Waals surface area contributed by atoms with E-state index in [0.717, 1.165) is 11.3 Å². The molecule has 5 nitrogen and oxygen atoms in total. The molecule has 0 radical (unpaired) electrons. The molecule has 0 aliphatic carbocycles. The van der Waals surface area contributed by atoms with E-state index < -0.39 is 11.9 Å². The van der Waals surface area contributed by atoms with E-state index in [2.05, 4.69) is 21.2 Å². The normalized spacial score (nSPS) is 11.6. The highest BCUT2D eigenvalue weighted by Gasteiger charge is 2.26. The third kappa shape index (κ3) is 4.86. The molecule has 6 heteroatoms. The van der Waals surface area contributed by atoms with Crippen molar-refractivity contribution in [1.82, 2.24) is 5.32 Å². The van der Waals surface area contributed by atoms with Gasteiger partial charge in [0, 0.05) is 19.2 Å². The van der Waals surface area contributed by atoms with Gasteiger partial charge in [-0.1, -0.05) is 48.5 Å². The molecule has 0 saturated carbocycles. The Balaban J connectivity index is 1.82. The van der Waals surface area contributed by atoms with Crippen molar-refractivity contribution >= 4 is 33.4 Å². The van der Waals surface area contributed by atoms with E-state index in [1.807, 2.05) is 60.7 Å². The average Bonchev–Trinajstić information content (AvgIpc) is 3.14. The smallest absolute Gasteiger partial charge is 0.287 e. The van der Waals surface area contributed by atoms with Gasteiger partial charge >= 0.3 is 0 Å². The van der Waals surface area contributed by atoms with Crippen molar-refractivity contribution in [2.75, 3.05) is 11.9 Å². The highest BCUT2D eigenvalue weighted by atomic mass is 79.9. The van der Waals surface area contributed by atoms with Crippen molar-refractivity contribution in [2.24, 2.45) is 0 Å². The Morgan fingerprint density at radius 3 is 2.22 bits per heavy atom. The summed E-state index contributed by atoms with van der Waals surface area (Å²) in [5, 5.41) is 2.80. The van der Waals surface area contributed by atoms with Crippen LogP contribution in [0.25, 0.3) is 0 Å². The van der Waals surface area contributed by atoms with E-state index in [0.29, 0.717) is 11.1 Å². The predicted octanol–water partition coefficient (Wildman–Crippen LogP) is 4.05. The van der Waals surface area contributed by atoms with Crippen LogP contribution >= 0.6 is 15.9 Å². The topological polar surface area (TPSA) is 62.6 Å². The summed E-state index contributed by atoms with van der Waals surface area (Å²) in [6.45, 7) is 0. The molecule has 3 aromatic rings. The first kappa shape index (κ1) is 18.9. The van der Waals surface area contributed by atoms with Crippen molar-refractivity contribution in [3.63, 3.8) is 0 Å². The highest BCUT2D eigenvalue weighted by Crippen LogP contribution is 2.16. The van der Waals surface area contributed by atoms with Crippen molar-refractivity contribution in [2.45, 2.75) is 12.5 Å². The summed E-state index contributed by atoms with van der Waals surface area (Å²) in [5.41, 5.74) is 1.72. The number of nitrogens with one attached hydrogen (secondary N) is 1. The maximum atomic E-state index is 13.1. The molecule has 0 aliphatic heterocycles. The fourth-order valence-corrected chi connectivity index (χ4v) is 3.03. The number of halogens is 1. The molecule has 0 saturated heterocycles. The second kappa shape index (κ2) is 8.68. The van der Waals surface area contributed by atoms with Crippen LogP contribution in [0.3, 0.4) is 0 Å². The van der Waals surface area contributed by atoms with E-state index in [4.69, 9.17) is 4.42 Å². The molecular formula is C21H19BrN2O3. The largest absolute Gasteiger partial charge is 0.444 e. The van der Waals surface area contributed by atoms with Crippen LogP contribution in [0.1, 0.15) is 16.1 Å². The first-order chi connectivity index (χ1) is 13.0. The quantitative estimate of drug-likeness (QED) is 0.646. The minimum atomic E-state index is -0.728. The molecule has 0 unspecified atom stereocenters. The SMILES string of the molecule is CN(C(=O)[C@H](Cc1ccccc1)NC(=O)c1ccc(Br)o1)c1ccccc1. The molecule has 2 amide bonds. The van der Waals surface area contributed by atoms with Crippen molar-refractivity contribution < 1.29 is 14.0 Å². The van der Waals surface area contributed by atoms with Crippen molar-refractivity contribution in [3.05, 3.63) is 88.8 Å². The fourth-order valence-electron chi connectivity index (χ4n) is 2.73. The van der Waals surface area contributed by atoms with E-state index in [1.54, 1.807) is 24.1 Å². The number of carbonyl (C=O) groups excluding carboxylic acids is 2. The van der Waals surface area contributed by atoms with Gasteiger partial charge in [0.05, 0.1) is 0 Å². The summed E-state index contributed by atoms with van der Waals surface area (Å²) in [6, 6.07) is 21.4. The van der Waals surface area contributed by atoms with Gasteiger partial charge in [0.2, 0.25) is 5.91 Å². The fraction of sp³-hybridized carbons (Fsp3) is 0.143. The van der Waals surface area contributed by atoms with Gasteiger partial charge in [-0.25, -0.2) is 0 Å². The number of amides is 2. The Kier molecular flexibility index (Phi) is 6.08. The molecule has 1 aromatic heterocycles. The van der Waals surface area contributed by atoms with Gasteiger partial charge in [-0.2, -0.15) is 0 Å². The summed E-state index contributed by atoms with van der Waals surface area (Å²) < 4.78 is 5.76. The molecule has 0 aliphatic rings. The number of anilines is 1. The van der Waals surface area contributed by atoms with Gasteiger partial charge in [0.1, 0.15) is 6.04 Å². The summed E-state index contributed by atoms with van der Waals surface area (Å²) in [5.74, 6) is -0.490. The van der Waals surface area contributed by atoms with E-state index in [9.17, 15) is 9.59 Å². The molecule has 0 bridgehead atoms. The monoisotopic (exact) mass is 426 g/mol. The van der Waals surface area contributed by atoms with Gasteiger partial charge in [0.15, 0.2) is 10.4 Å². The minimum absolute atomic E-state index is 0.148. The number of likely N-dealkylation sites (N-methyl/N-ethyl adjacent to an activating group) is 1. The zero-order valence-electron chi connectivity index (χ0n) is 14.8. The first-order valence-electron chi connectivity index (χ1n) is 8.47. The lowest BCUT2D eigenvalue weighted by Crippen LogP contribution is -2.48. The second-order valence-corrected chi connectivity index (χ2v) is 6.83. The number of furan rings is 1. The van der Waals surface area contributed by atoms with Gasteiger partial charge < -0.3 is 14.6 Å². The lowest BCUT2D eigenvalue weighted by molar-refractivity contribution is -0.120. The summed E-state index contributed by atoms with van der Waals surface area (Å²) in [4.78, 5) is 27.2. The Labute approximate surface area is 166 Å². The van der Waals surface area contributed by atoms with Crippen molar-refractivity contribution in [1.29, 1.82) is 0 Å². The van der Waals surface area contributed by atoms with Crippen LogP contribution < -0.4 is 10.2 Å². The van der Waals surface area contributed by atoms with Crippen LogP contribution in [0.4, 0.5) is 5.69 Å². The third-order valence-corrected chi connectivity index (χ3v) is 4.58. The first-order valence-corrected chi connectivity index (χ1v) is 9.26. The Morgan fingerprint density at radius 1 is 1.00 bits per heavy atom. The van der Waals surface area contributed by atoms with Gasteiger partial charge in [0.25, 0.3) is 5.91 Å². The van der Waals surface area contributed by atoms with Gasteiger partial charge in [-0.15, -0.1) is 0 Å². The van der Waals surface area contributed by atoms with Crippen molar-refractivity contribution in [3.8, 4) is 0 Å². The maximum Gasteiger partial charge on any atom is 0.287 e. The number of hydrogen-bond acceptors (Lipinski definition) is 3. The molecule has 2 aromatic carbocycles. The zero-order chi connectivity index (χ0) is 19.2. The molecule has 27 heavy (non-hydrogen) atoms. The zero-order valence-corrected chi connectivity index (χ0v) is 16.3. The maximum absolute atomic E-state index is 13.1. The van der Waals surface area contributed by atoms with Gasteiger partial charge in [-0.05, 0) is 45.8 Å². The van der Waals surface area contributed by atoms with Crippen LogP contribution in [0.5, 0.6) is 0 Å². The molecule has 1 heterocycles. The number of carbonyl (C=O) groups is 2. The second-order valence-electron chi connectivity index (χ2n) is 6.05. The van der Waals surface area contributed by atoms with Crippen LogP contribution in [-0.2, 0) is 11.2 Å². The van der Waals surface area contributed by atoms with Crippen LogP contribution in [0.15, 0.2) is 81.9 Å². The van der Waals surface area contributed by atoms with E-state index in [1.165, 1.54) is 0 Å². The molecular weight excluding hydrogens is 408 g/mol. The number of benzene rings is 2. The number of rotatable bonds is 6. The van der Waals surface area contributed by atoms with Gasteiger partial charge in [-0.3, -0.25) is 9.59 Å². The molecule has 1 atom stereocenters. The van der Waals surface area contributed by atoms with E-state index >= 15 is 0 Å². The van der Waals surface area contributed by atoms with Crippen LogP contribution in [0, 0.1) is 0 Å². The Hall–Kier alpha value is -2.86. The Bertz CT molecular complexity index is 909. The minimum Gasteiger partial charge on any atom is -0.444 e. The molecule has 0 spiro atoms. The summed E-state index contributed by atoms with van der Waals surface area (Å²) >= 11 is 3.18. The van der Waals surface area contributed by atoms with Crippen LogP contribution in [0.2, 0.25) is 0 Å². The van der Waals surface area contributed by atoms with E-state index in [-0.39, 0.29) is 11.7 Å². The highest BCUT2D eigenvalue weighted by molar-refractivity contribution is 9.10. The van der Waals surface area contributed by atoms with Crippen LogP contribution in [-0.4, -0.2) is 24.9 Å². The standard InChI is InChI=1S/C21H19BrN2O3/c1-24(16-10-6-3-7-11-16)21(26)17(14-15-8-4-2-5-9-15)23-20(25)18-12-13-19(22)27-18/h2-13,17H,14H2,1H3,(H,23,25)/t17-/m0/s1. The third-order valence-electron chi connectivity index (χ3n) is 4.16. The lowest BCUT2D eigenvalue weighted by atomic mass is 10.0. The number of para-hydroxylation sites is 1. The predicted molar refractivity (Wildman–Crippen MR) is 108 cm³/mol. The number of hydrogen-bond donors (Lipinski definition) is 1. The molecule has 3 rings (SSSR count). The summed E-state index contributed by atoms with van der Waals surface area (Å²) in [7, 11) is 1.70. The average molecular weight is 427 g/mol. The molecule has 0 fully saturated rings.